The predicted octanol–water partition coefficient (Wildman–Crippen LogP) is 1.90. The summed E-state index contributed by atoms with van der Waals surface area (Å²) in [4.78, 5) is 12.4. The minimum Gasteiger partial charge on any atom is -0.274 e. The van der Waals surface area contributed by atoms with E-state index in [1.54, 1.807) is 0 Å². The molecule has 1 saturated carbocycles. The summed E-state index contributed by atoms with van der Waals surface area (Å²) in [6, 6.07) is 0. The summed E-state index contributed by atoms with van der Waals surface area (Å²) in [5, 5.41) is 0. The van der Waals surface area contributed by atoms with E-state index >= 15 is 0 Å². The molecule has 1 amide bonds. The second-order valence-corrected chi connectivity index (χ2v) is 6.65. The first-order valence-corrected chi connectivity index (χ1v) is 6.66. The predicted molar refractivity (Wildman–Crippen MR) is 64.6 cm³/mol. The van der Waals surface area contributed by atoms with Crippen molar-refractivity contribution in [2.75, 3.05) is 0 Å². The van der Waals surface area contributed by atoms with Crippen LogP contribution in [0.15, 0.2) is 23.1 Å². The number of allylic oxidation sites excluding steroid dienone is 3. The van der Waals surface area contributed by atoms with Crippen molar-refractivity contribution in [3.05, 3.63) is 23.1 Å². The fourth-order valence-corrected chi connectivity index (χ4v) is 2.65. The van der Waals surface area contributed by atoms with E-state index in [0.29, 0.717) is 11.8 Å². The summed E-state index contributed by atoms with van der Waals surface area (Å²) in [6.07, 6.45) is 7.13. The quantitative estimate of drug-likeness (QED) is 0.800. The number of fused-ring (bicyclic) bond motifs is 1. The Balaban J connectivity index is 1.99. The highest BCUT2D eigenvalue weighted by Gasteiger charge is 2.36. The van der Waals surface area contributed by atoms with Crippen molar-refractivity contribution in [2.24, 2.45) is 17.3 Å². The van der Waals surface area contributed by atoms with Crippen molar-refractivity contribution in [1.82, 2.24) is 4.72 Å². The van der Waals surface area contributed by atoms with Crippen molar-refractivity contribution in [3.63, 3.8) is 0 Å². The van der Waals surface area contributed by atoms with Crippen LogP contribution >= 0.6 is 0 Å². The monoisotopic (exact) mass is 239 g/mol. The highest BCUT2D eigenvalue weighted by molar-refractivity contribution is 7.87. The lowest BCUT2D eigenvalue weighted by Crippen LogP contribution is -2.36. The lowest BCUT2D eigenvalue weighted by atomic mass is 9.96. The largest absolute Gasteiger partial charge is 0.274 e. The molecule has 4 heteroatoms. The van der Waals surface area contributed by atoms with E-state index in [-0.39, 0.29) is 5.91 Å². The third-order valence-corrected chi connectivity index (χ3v) is 3.93. The van der Waals surface area contributed by atoms with Crippen LogP contribution in [0.5, 0.6) is 0 Å². The van der Waals surface area contributed by atoms with Gasteiger partial charge in [-0.15, -0.1) is 0 Å². The Bertz CT molecular complexity index is 404. The molecule has 0 heterocycles. The minimum atomic E-state index is -1.40. The van der Waals surface area contributed by atoms with Crippen molar-refractivity contribution in [2.45, 2.75) is 27.2 Å². The maximum Gasteiger partial charge on any atom is 0.237 e. The molecule has 1 fully saturated rings. The van der Waals surface area contributed by atoms with Crippen LogP contribution in [0.3, 0.4) is 0 Å². The van der Waals surface area contributed by atoms with Gasteiger partial charge >= 0.3 is 0 Å². The third-order valence-electron chi connectivity index (χ3n) is 2.86. The molecule has 3 nitrogen and oxygen atoms in total. The summed E-state index contributed by atoms with van der Waals surface area (Å²) in [5.41, 5.74) is -0.503. The normalized spacial score (nSPS) is 29.1. The molecule has 2 aliphatic carbocycles. The zero-order chi connectivity index (χ0) is 11.9. The number of rotatable bonds is 2. The molecule has 0 bridgehead atoms. The van der Waals surface area contributed by atoms with Crippen LogP contribution in [0, 0.1) is 17.3 Å². The molecule has 0 aromatic heterocycles. The SMILES string of the molecule is CC(C)(C)C(=O)NS(=O)C1=CC2CC2C=C1. The molecule has 3 atom stereocenters. The average molecular weight is 239 g/mol. The highest BCUT2D eigenvalue weighted by atomic mass is 32.2. The second kappa shape index (κ2) is 3.84. The smallest absolute Gasteiger partial charge is 0.237 e. The van der Waals surface area contributed by atoms with E-state index < -0.39 is 16.4 Å². The molecule has 2 aliphatic rings. The standard InChI is InChI=1S/C12H17NO2S/c1-12(2,3)11(14)13-16(15)10-5-4-8-6-9(8)7-10/h4-5,7-9H,6H2,1-3H3,(H,13,14). The van der Waals surface area contributed by atoms with Crippen LogP contribution < -0.4 is 4.72 Å². The first-order valence-electron chi connectivity index (χ1n) is 5.51. The van der Waals surface area contributed by atoms with Gasteiger partial charge < -0.3 is 0 Å². The molecular weight excluding hydrogens is 222 g/mol. The van der Waals surface area contributed by atoms with E-state index in [4.69, 9.17) is 0 Å². The maximum atomic E-state index is 11.9. The lowest BCUT2D eigenvalue weighted by Gasteiger charge is -2.17. The number of hydrogen-bond acceptors (Lipinski definition) is 2. The first-order chi connectivity index (χ1) is 7.38. The van der Waals surface area contributed by atoms with Gasteiger partial charge in [0.2, 0.25) is 5.91 Å². The van der Waals surface area contributed by atoms with Gasteiger partial charge in [-0.05, 0) is 24.3 Å². The molecule has 0 aromatic carbocycles. The molecule has 0 radical (unpaired) electrons. The third kappa shape index (κ3) is 2.43. The van der Waals surface area contributed by atoms with Crippen LogP contribution in [0.25, 0.3) is 0 Å². The number of amides is 1. The molecular formula is C12H17NO2S. The van der Waals surface area contributed by atoms with Gasteiger partial charge in [0, 0.05) is 5.41 Å². The topological polar surface area (TPSA) is 46.2 Å². The molecule has 0 aliphatic heterocycles. The van der Waals surface area contributed by atoms with E-state index in [2.05, 4.69) is 10.8 Å². The van der Waals surface area contributed by atoms with Gasteiger partial charge in [-0.1, -0.05) is 32.9 Å². The van der Waals surface area contributed by atoms with Crippen molar-refractivity contribution in [1.29, 1.82) is 0 Å². The zero-order valence-electron chi connectivity index (χ0n) is 9.82. The number of nitrogens with one attached hydrogen (secondary N) is 1. The van der Waals surface area contributed by atoms with Crippen LogP contribution in [-0.2, 0) is 15.8 Å². The first kappa shape index (κ1) is 11.6. The van der Waals surface area contributed by atoms with Gasteiger partial charge in [-0.3, -0.25) is 9.52 Å². The zero-order valence-corrected chi connectivity index (χ0v) is 10.6. The lowest BCUT2D eigenvalue weighted by molar-refractivity contribution is -0.126. The molecule has 88 valence electrons. The highest BCUT2D eigenvalue weighted by Crippen LogP contribution is 2.44. The van der Waals surface area contributed by atoms with Gasteiger partial charge in [0.05, 0.1) is 4.91 Å². The summed E-state index contributed by atoms with van der Waals surface area (Å²) in [7, 11) is -1.40. The van der Waals surface area contributed by atoms with E-state index in [0.717, 1.165) is 11.3 Å². The Hall–Kier alpha value is -0.900. The van der Waals surface area contributed by atoms with Crippen molar-refractivity contribution >= 4 is 16.9 Å². The summed E-state index contributed by atoms with van der Waals surface area (Å²) >= 11 is 0. The Morgan fingerprint density at radius 2 is 2.12 bits per heavy atom. The number of carbonyl (C=O) groups is 1. The van der Waals surface area contributed by atoms with Gasteiger partial charge in [-0.25, -0.2) is 4.21 Å². The Morgan fingerprint density at radius 1 is 1.44 bits per heavy atom. The van der Waals surface area contributed by atoms with E-state index in [1.165, 1.54) is 0 Å². The number of hydrogen-bond donors (Lipinski definition) is 1. The second-order valence-electron chi connectivity index (χ2n) is 5.44. The number of carbonyl (C=O) groups excluding carboxylic acids is 1. The summed E-state index contributed by atoms with van der Waals surface area (Å²) in [6.45, 7) is 5.42. The fraction of sp³-hybridized carbons (Fsp3) is 0.583. The van der Waals surface area contributed by atoms with Crippen LogP contribution in [-0.4, -0.2) is 10.1 Å². The molecule has 16 heavy (non-hydrogen) atoms. The van der Waals surface area contributed by atoms with E-state index in [1.807, 2.05) is 32.9 Å². The Labute approximate surface area is 98.6 Å². The fourth-order valence-electron chi connectivity index (χ4n) is 1.55. The molecule has 3 unspecified atom stereocenters. The summed E-state index contributed by atoms with van der Waals surface area (Å²) < 4.78 is 14.4. The Morgan fingerprint density at radius 3 is 2.69 bits per heavy atom. The van der Waals surface area contributed by atoms with Gasteiger partial charge in [0.25, 0.3) is 0 Å². The molecule has 2 rings (SSSR count). The van der Waals surface area contributed by atoms with Crippen LogP contribution in [0.2, 0.25) is 0 Å². The van der Waals surface area contributed by atoms with Gasteiger partial charge in [0.15, 0.2) is 11.0 Å². The minimum absolute atomic E-state index is 0.182. The molecule has 0 saturated heterocycles. The van der Waals surface area contributed by atoms with Crippen molar-refractivity contribution in [3.8, 4) is 0 Å². The van der Waals surface area contributed by atoms with Crippen molar-refractivity contribution < 1.29 is 9.00 Å². The molecule has 0 spiro atoms. The molecule has 0 aromatic rings. The van der Waals surface area contributed by atoms with Crippen LogP contribution in [0.1, 0.15) is 27.2 Å². The average Bonchev–Trinajstić information content (AvgIpc) is 2.93. The maximum absolute atomic E-state index is 11.9. The van der Waals surface area contributed by atoms with Crippen LogP contribution in [0.4, 0.5) is 0 Å². The molecule has 1 N–H and O–H groups in total. The van der Waals surface area contributed by atoms with E-state index in [9.17, 15) is 9.00 Å². The summed E-state index contributed by atoms with van der Waals surface area (Å²) in [5.74, 6) is 1.02. The van der Waals surface area contributed by atoms with Gasteiger partial charge in [0.1, 0.15) is 0 Å². The Kier molecular flexibility index (Phi) is 2.78. The van der Waals surface area contributed by atoms with Gasteiger partial charge in [-0.2, -0.15) is 0 Å².